The number of likely N-dealkylation sites (N-methyl/N-ethyl adjacent to an activating group) is 1. The molecule has 0 aliphatic carbocycles. The molecule has 0 radical (unpaired) electrons. The van der Waals surface area contributed by atoms with E-state index < -0.39 is 6.43 Å². The molecule has 2 rings (SSSR count). The maximum atomic E-state index is 12.3. The van der Waals surface area contributed by atoms with Gasteiger partial charge in [0.1, 0.15) is 5.75 Å². The Hall–Kier alpha value is -1.20. The Morgan fingerprint density at radius 2 is 2.00 bits per heavy atom. The van der Waals surface area contributed by atoms with Gasteiger partial charge in [0.25, 0.3) is 6.43 Å². The topological polar surface area (TPSA) is 24.5 Å². The summed E-state index contributed by atoms with van der Waals surface area (Å²) in [4.78, 5) is 2.20. The van der Waals surface area contributed by atoms with Crippen LogP contribution < -0.4 is 10.1 Å². The number of alkyl halides is 2. The van der Waals surface area contributed by atoms with Crippen LogP contribution in [-0.4, -0.2) is 51.2 Å². The number of hydrogen-bond donors (Lipinski definition) is 1. The number of halogens is 2. The summed E-state index contributed by atoms with van der Waals surface area (Å²) >= 11 is 0. The van der Waals surface area contributed by atoms with Crippen LogP contribution in [0.5, 0.6) is 5.75 Å². The van der Waals surface area contributed by atoms with E-state index in [1.807, 2.05) is 19.2 Å². The van der Waals surface area contributed by atoms with E-state index in [1.54, 1.807) is 7.11 Å². The van der Waals surface area contributed by atoms with Crippen molar-refractivity contribution in [2.45, 2.75) is 24.8 Å². The summed E-state index contributed by atoms with van der Waals surface area (Å²) in [6.45, 7) is 1.55. The fourth-order valence-corrected chi connectivity index (χ4v) is 2.84. The van der Waals surface area contributed by atoms with Crippen LogP contribution in [0.2, 0.25) is 0 Å². The molecule has 1 aromatic rings. The molecule has 0 saturated carbocycles. The highest BCUT2D eigenvalue weighted by Crippen LogP contribution is 2.27. The van der Waals surface area contributed by atoms with Gasteiger partial charge in [-0.2, -0.15) is 0 Å². The van der Waals surface area contributed by atoms with E-state index in [1.165, 1.54) is 5.56 Å². The smallest absolute Gasteiger partial charge is 0.250 e. The molecule has 5 heteroatoms. The molecule has 0 aromatic heterocycles. The lowest BCUT2D eigenvalue weighted by Crippen LogP contribution is -2.48. The fourth-order valence-electron chi connectivity index (χ4n) is 2.84. The lowest BCUT2D eigenvalue weighted by molar-refractivity contribution is 0.127. The molecule has 1 N–H and O–H groups in total. The Kier molecular flexibility index (Phi) is 5.31. The number of likely N-dealkylation sites (tertiary alicyclic amines) is 1. The predicted octanol–water partition coefficient (Wildman–Crippen LogP) is 2.34. The normalized spacial score (nSPS) is 24.1. The van der Waals surface area contributed by atoms with Crippen molar-refractivity contribution in [2.75, 3.05) is 33.8 Å². The molecule has 2 atom stereocenters. The van der Waals surface area contributed by atoms with Crippen molar-refractivity contribution in [2.24, 2.45) is 0 Å². The number of nitrogens with one attached hydrogen (secondary N) is 1. The molecule has 1 aliphatic heterocycles. The van der Waals surface area contributed by atoms with Crippen molar-refractivity contribution < 1.29 is 13.5 Å². The van der Waals surface area contributed by atoms with Gasteiger partial charge in [-0.15, -0.1) is 0 Å². The van der Waals surface area contributed by atoms with Gasteiger partial charge in [-0.3, -0.25) is 0 Å². The third-order valence-corrected chi connectivity index (χ3v) is 3.78. The Morgan fingerprint density at radius 3 is 2.60 bits per heavy atom. The zero-order valence-electron chi connectivity index (χ0n) is 12.0. The highest BCUT2D eigenvalue weighted by molar-refractivity contribution is 5.30. The monoisotopic (exact) mass is 284 g/mol. The molecule has 0 amide bonds. The summed E-state index contributed by atoms with van der Waals surface area (Å²) in [6, 6.07) is 8.14. The van der Waals surface area contributed by atoms with Crippen molar-refractivity contribution in [3.05, 3.63) is 29.8 Å². The van der Waals surface area contributed by atoms with Crippen molar-refractivity contribution >= 4 is 0 Å². The van der Waals surface area contributed by atoms with E-state index >= 15 is 0 Å². The summed E-state index contributed by atoms with van der Waals surface area (Å²) in [5.74, 6) is 1.21. The average molecular weight is 284 g/mol. The third-order valence-electron chi connectivity index (χ3n) is 3.78. The first kappa shape index (κ1) is 15.2. The molecule has 0 spiro atoms. The molecule has 112 valence electrons. The van der Waals surface area contributed by atoms with Gasteiger partial charge in [0.05, 0.1) is 13.7 Å². The van der Waals surface area contributed by atoms with E-state index in [0.717, 1.165) is 25.3 Å². The van der Waals surface area contributed by atoms with Crippen LogP contribution in [0, 0.1) is 0 Å². The van der Waals surface area contributed by atoms with Gasteiger partial charge in [0, 0.05) is 19.1 Å². The van der Waals surface area contributed by atoms with E-state index in [0.29, 0.717) is 5.92 Å². The van der Waals surface area contributed by atoms with Crippen molar-refractivity contribution in [1.82, 2.24) is 10.2 Å². The molecule has 1 fully saturated rings. The Labute approximate surface area is 118 Å². The molecule has 3 nitrogen and oxygen atoms in total. The molecular weight excluding hydrogens is 262 g/mol. The number of hydrogen-bond acceptors (Lipinski definition) is 3. The molecule has 0 bridgehead atoms. The largest absolute Gasteiger partial charge is 0.497 e. The first-order valence-electron chi connectivity index (χ1n) is 6.92. The summed E-state index contributed by atoms with van der Waals surface area (Å²) in [5, 5.41) is 2.96. The van der Waals surface area contributed by atoms with Crippen molar-refractivity contribution in [1.29, 1.82) is 0 Å². The van der Waals surface area contributed by atoms with E-state index in [2.05, 4.69) is 22.3 Å². The van der Waals surface area contributed by atoms with Crippen molar-refractivity contribution in [3.63, 3.8) is 0 Å². The number of piperidine rings is 1. The molecular formula is C15H22F2N2O. The lowest BCUT2D eigenvalue weighted by Gasteiger charge is -2.36. The average Bonchev–Trinajstić information content (AvgIpc) is 2.44. The van der Waals surface area contributed by atoms with Gasteiger partial charge in [-0.1, -0.05) is 12.1 Å². The van der Waals surface area contributed by atoms with Crippen molar-refractivity contribution in [3.8, 4) is 5.75 Å². The standard InChI is InChI=1S/C15H22F2N2O/c1-19-9-12(7-13(10-19)18-8-15(16)17)11-3-5-14(20-2)6-4-11/h3-6,12-13,15,18H,7-10H2,1-2H3. The number of ether oxygens (including phenoxy) is 1. The molecule has 1 heterocycles. The van der Waals surface area contributed by atoms with Gasteiger partial charge < -0.3 is 15.0 Å². The maximum Gasteiger partial charge on any atom is 0.250 e. The third kappa shape index (κ3) is 4.15. The van der Waals surface area contributed by atoms with Crippen LogP contribution in [0.25, 0.3) is 0 Å². The SMILES string of the molecule is COc1ccc(C2CC(NCC(F)F)CN(C)C2)cc1. The van der Waals surface area contributed by atoms with Gasteiger partial charge in [0.15, 0.2) is 0 Å². The number of nitrogens with zero attached hydrogens (tertiary/aromatic N) is 1. The Morgan fingerprint density at radius 1 is 1.30 bits per heavy atom. The fraction of sp³-hybridized carbons (Fsp3) is 0.600. The van der Waals surface area contributed by atoms with Crippen LogP contribution in [-0.2, 0) is 0 Å². The number of methoxy groups -OCH3 is 1. The van der Waals surface area contributed by atoms with Crippen LogP contribution in [0.3, 0.4) is 0 Å². The second-order valence-corrected chi connectivity index (χ2v) is 5.42. The van der Waals surface area contributed by atoms with E-state index in [9.17, 15) is 8.78 Å². The second kappa shape index (κ2) is 6.99. The van der Waals surface area contributed by atoms with Crippen LogP contribution >= 0.6 is 0 Å². The van der Waals surface area contributed by atoms with Crippen LogP contribution in [0.4, 0.5) is 8.78 Å². The first-order chi connectivity index (χ1) is 9.58. The van der Waals surface area contributed by atoms with Gasteiger partial charge >= 0.3 is 0 Å². The van der Waals surface area contributed by atoms with E-state index in [-0.39, 0.29) is 12.6 Å². The molecule has 1 aromatic carbocycles. The van der Waals surface area contributed by atoms with E-state index in [4.69, 9.17) is 4.74 Å². The highest BCUT2D eigenvalue weighted by Gasteiger charge is 2.26. The molecule has 20 heavy (non-hydrogen) atoms. The highest BCUT2D eigenvalue weighted by atomic mass is 19.3. The predicted molar refractivity (Wildman–Crippen MR) is 75.6 cm³/mol. The zero-order chi connectivity index (χ0) is 14.5. The summed E-state index contributed by atoms with van der Waals surface area (Å²) in [7, 11) is 3.68. The summed E-state index contributed by atoms with van der Waals surface area (Å²) < 4.78 is 29.8. The Balaban J connectivity index is 1.99. The second-order valence-electron chi connectivity index (χ2n) is 5.42. The molecule has 1 aliphatic rings. The minimum absolute atomic E-state index is 0.120. The van der Waals surface area contributed by atoms with Crippen LogP contribution in [0.1, 0.15) is 17.9 Å². The number of benzene rings is 1. The van der Waals surface area contributed by atoms with Crippen LogP contribution in [0.15, 0.2) is 24.3 Å². The maximum absolute atomic E-state index is 12.3. The number of rotatable bonds is 5. The summed E-state index contributed by atoms with van der Waals surface area (Å²) in [6.07, 6.45) is -1.40. The summed E-state index contributed by atoms with van der Waals surface area (Å²) in [5.41, 5.74) is 1.24. The lowest BCUT2D eigenvalue weighted by atomic mass is 9.88. The molecule has 1 saturated heterocycles. The van der Waals surface area contributed by atoms with Gasteiger partial charge in [-0.05, 0) is 37.1 Å². The Bertz CT molecular complexity index is 411. The molecule has 2 unspecified atom stereocenters. The minimum Gasteiger partial charge on any atom is -0.497 e. The van der Waals surface area contributed by atoms with Gasteiger partial charge in [-0.25, -0.2) is 8.78 Å². The minimum atomic E-state index is -2.29. The zero-order valence-corrected chi connectivity index (χ0v) is 12.0. The van der Waals surface area contributed by atoms with Gasteiger partial charge in [0.2, 0.25) is 0 Å². The first-order valence-corrected chi connectivity index (χ1v) is 6.92. The quantitative estimate of drug-likeness (QED) is 0.898.